The number of halogens is 2. The van der Waals surface area contributed by atoms with Crippen molar-refractivity contribution in [1.82, 2.24) is 5.32 Å². The molecule has 26 heavy (non-hydrogen) atoms. The molecular formula is C18H20ClFN2O3S. The van der Waals surface area contributed by atoms with Crippen molar-refractivity contribution in [3.05, 3.63) is 64.9 Å². The Morgan fingerprint density at radius 3 is 2.38 bits per heavy atom. The number of anilines is 1. The van der Waals surface area contributed by atoms with Crippen molar-refractivity contribution >= 4 is 33.2 Å². The summed E-state index contributed by atoms with van der Waals surface area (Å²) in [6.45, 7) is 1.81. The number of benzene rings is 2. The molecule has 0 bridgehead atoms. The number of carbonyl (C=O) groups is 1. The normalized spacial score (nSPS) is 12.5. The van der Waals surface area contributed by atoms with E-state index < -0.39 is 27.8 Å². The van der Waals surface area contributed by atoms with Gasteiger partial charge >= 0.3 is 0 Å². The van der Waals surface area contributed by atoms with Crippen LogP contribution in [0, 0.1) is 5.82 Å². The molecule has 0 aromatic heterocycles. The van der Waals surface area contributed by atoms with Gasteiger partial charge in [-0.05, 0) is 30.2 Å². The zero-order valence-electron chi connectivity index (χ0n) is 14.4. The summed E-state index contributed by atoms with van der Waals surface area (Å²) in [6, 6.07) is 11.4. The van der Waals surface area contributed by atoms with Gasteiger partial charge in [-0.2, -0.15) is 0 Å². The molecule has 0 heterocycles. The standard InChI is InChI=1S/C18H20ClFN2O3S/c1-3-16(18(23)21-12-13-8-4-5-9-14(13)19)22(26(2,24)25)17-11-7-6-10-15(17)20/h4-11,16H,3,12H2,1-2H3,(H,21,23)/t16-/m0/s1. The Morgan fingerprint density at radius 2 is 1.81 bits per heavy atom. The molecule has 140 valence electrons. The fourth-order valence-corrected chi connectivity index (χ4v) is 4.02. The highest BCUT2D eigenvalue weighted by Crippen LogP contribution is 2.25. The third kappa shape index (κ3) is 4.74. The average molecular weight is 399 g/mol. The minimum Gasteiger partial charge on any atom is -0.350 e. The molecule has 0 aliphatic rings. The zero-order valence-corrected chi connectivity index (χ0v) is 16.0. The number of rotatable bonds is 7. The SMILES string of the molecule is CC[C@@H](C(=O)NCc1ccccc1Cl)N(c1ccccc1F)S(C)(=O)=O. The minimum absolute atomic E-state index is 0.143. The third-order valence-corrected chi connectivity index (χ3v) is 5.37. The van der Waals surface area contributed by atoms with Crippen LogP contribution >= 0.6 is 11.6 Å². The van der Waals surface area contributed by atoms with Crippen LogP contribution in [0.5, 0.6) is 0 Å². The van der Waals surface area contributed by atoms with Crippen molar-refractivity contribution in [2.75, 3.05) is 10.6 Å². The second-order valence-electron chi connectivity index (χ2n) is 5.74. The van der Waals surface area contributed by atoms with E-state index in [1.165, 1.54) is 18.2 Å². The smallest absolute Gasteiger partial charge is 0.244 e. The van der Waals surface area contributed by atoms with Crippen LogP contribution in [0.3, 0.4) is 0 Å². The second kappa shape index (κ2) is 8.51. The monoisotopic (exact) mass is 398 g/mol. The number of nitrogens with zero attached hydrogens (tertiary/aromatic N) is 1. The van der Waals surface area contributed by atoms with Gasteiger partial charge < -0.3 is 5.32 Å². The summed E-state index contributed by atoms with van der Waals surface area (Å²) in [7, 11) is -3.88. The number of nitrogens with one attached hydrogen (secondary N) is 1. The lowest BCUT2D eigenvalue weighted by atomic mass is 10.1. The molecule has 8 heteroatoms. The van der Waals surface area contributed by atoms with Crippen LogP contribution in [0.2, 0.25) is 5.02 Å². The number of amides is 1. The summed E-state index contributed by atoms with van der Waals surface area (Å²) in [5.74, 6) is -1.24. The van der Waals surface area contributed by atoms with E-state index in [2.05, 4.69) is 5.32 Å². The van der Waals surface area contributed by atoms with Crippen molar-refractivity contribution < 1.29 is 17.6 Å². The maximum atomic E-state index is 14.2. The lowest BCUT2D eigenvalue weighted by molar-refractivity contribution is -0.122. The molecule has 0 saturated carbocycles. The molecule has 1 atom stereocenters. The minimum atomic E-state index is -3.88. The molecule has 0 spiro atoms. The van der Waals surface area contributed by atoms with Crippen molar-refractivity contribution in [2.45, 2.75) is 25.9 Å². The number of para-hydroxylation sites is 1. The van der Waals surface area contributed by atoms with Crippen LogP contribution in [0.25, 0.3) is 0 Å². The number of hydrogen-bond acceptors (Lipinski definition) is 3. The number of carbonyl (C=O) groups excluding carboxylic acids is 1. The summed E-state index contributed by atoms with van der Waals surface area (Å²) in [6.07, 6.45) is 1.12. The van der Waals surface area contributed by atoms with Gasteiger partial charge in [0.1, 0.15) is 11.9 Å². The molecular weight excluding hydrogens is 379 g/mol. The number of sulfonamides is 1. The van der Waals surface area contributed by atoms with Crippen molar-refractivity contribution in [3.8, 4) is 0 Å². The predicted octanol–water partition coefficient (Wildman–Crippen LogP) is 3.34. The quantitative estimate of drug-likeness (QED) is 0.777. The van der Waals surface area contributed by atoms with E-state index in [0.29, 0.717) is 10.6 Å². The Kier molecular flexibility index (Phi) is 6.61. The van der Waals surface area contributed by atoms with Gasteiger partial charge in [-0.25, -0.2) is 12.8 Å². The van der Waals surface area contributed by atoms with E-state index in [0.717, 1.165) is 16.6 Å². The van der Waals surface area contributed by atoms with Crippen LogP contribution in [0.4, 0.5) is 10.1 Å². The Bertz CT molecular complexity index is 890. The van der Waals surface area contributed by atoms with Crippen molar-refractivity contribution in [1.29, 1.82) is 0 Å². The maximum Gasteiger partial charge on any atom is 0.244 e. The lowest BCUT2D eigenvalue weighted by Gasteiger charge is -2.30. The fraction of sp³-hybridized carbons (Fsp3) is 0.278. The van der Waals surface area contributed by atoms with Crippen LogP contribution in [-0.4, -0.2) is 26.6 Å². The molecule has 0 saturated heterocycles. The molecule has 0 fully saturated rings. The molecule has 2 rings (SSSR count). The highest BCUT2D eigenvalue weighted by molar-refractivity contribution is 7.92. The zero-order chi connectivity index (χ0) is 19.3. The van der Waals surface area contributed by atoms with Gasteiger partial charge in [-0.1, -0.05) is 48.9 Å². The second-order valence-corrected chi connectivity index (χ2v) is 8.01. The molecule has 2 aromatic carbocycles. The fourth-order valence-electron chi connectivity index (χ4n) is 2.61. The molecule has 0 radical (unpaired) electrons. The van der Waals surface area contributed by atoms with Crippen LogP contribution < -0.4 is 9.62 Å². The van der Waals surface area contributed by atoms with E-state index >= 15 is 0 Å². The van der Waals surface area contributed by atoms with E-state index in [-0.39, 0.29) is 18.7 Å². The van der Waals surface area contributed by atoms with Crippen LogP contribution in [0.15, 0.2) is 48.5 Å². The first-order chi connectivity index (χ1) is 12.3. The highest BCUT2D eigenvalue weighted by Gasteiger charge is 2.32. The van der Waals surface area contributed by atoms with Gasteiger partial charge in [0, 0.05) is 11.6 Å². The largest absolute Gasteiger partial charge is 0.350 e. The topological polar surface area (TPSA) is 66.5 Å². The Morgan fingerprint density at radius 1 is 1.19 bits per heavy atom. The summed E-state index contributed by atoms with van der Waals surface area (Å²) in [5.41, 5.74) is 0.545. The van der Waals surface area contributed by atoms with Gasteiger partial charge in [-0.3, -0.25) is 9.10 Å². The van der Waals surface area contributed by atoms with Gasteiger partial charge in [0.05, 0.1) is 11.9 Å². The maximum absolute atomic E-state index is 14.2. The summed E-state index contributed by atoms with van der Waals surface area (Å²) < 4.78 is 39.6. The Balaban J connectivity index is 2.29. The summed E-state index contributed by atoms with van der Waals surface area (Å²) >= 11 is 6.07. The van der Waals surface area contributed by atoms with Gasteiger partial charge in [-0.15, -0.1) is 0 Å². The van der Waals surface area contributed by atoms with Gasteiger partial charge in [0.2, 0.25) is 15.9 Å². The first kappa shape index (κ1) is 20.2. The molecule has 0 aliphatic heterocycles. The van der Waals surface area contributed by atoms with Crippen molar-refractivity contribution in [3.63, 3.8) is 0 Å². The van der Waals surface area contributed by atoms with Crippen molar-refractivity contribution in [2.24, 2.45) is 0 Å². The Labute approximate surface area is 157 Å². The lowest BCUT2D eigenvalue weighted by Crippen LogP contribution is -2.49. The van der Waals surface area contributed by atoms with E-state index in [9.17, 15) is 17.6 Å². The molecule has 1 N–H and O–H groups in total. The van der Waals surface area contributed by atoms with E-state index in [4.69, 9.17) is 11.6 Å². The van der Waals surface area contributed by atoms with Gasteiger partial charge in [0.15, 0.2) is 0 Å². The molecule has 0 aliphatic carbocycles. The molecule has 5 nitrogen and oxygen atoms in total. The van der Waals surface area contributed by atoms with E-state index in [1.54, 1.807) is 31.2 Å². The van der Waals surface area contributed by atoms with E-state index in [1.807, 2.05) is 0 Å². The molecule has 2 aromatic rings. The average Bonchev–Trinajstić information content (AvgIpc) is 2.58. The highest BCUT2D eigenvalue weighted by atomic mass is 35.5. The van der Waals surface area contributed by atoms with Crippen LogP contribution in [-0.2, 0) is 21.4 Å². The first-order valence-electron chi connectivity index (χ1n) is 8.00. The summed E-state index contributed by atoms with van der Waals surface area (Å²) in [4.78, 5) is 12.6. The number of hydrogen-bond donors (Lipinski definition) is 1. The summed E-state index contributed by atoms with van der Waals surface area (Å²) in [5, 5.41) is 3.18. The van der Waals surface area contributed by atoms with Crippen LogP contribution in [0.1, 0.15) is 18.9 Å². The third-order valence-electron chi connectivity index (χ3n) is 3.83. The molecule has 1 amide bonds. The molecule has 0 unspecified atom stereocenters. The predicted molar refractivity (Wildman–Crippen MR) is 101 cm³/mol. The first-order valence-corrected chi connectivity index (χ1v) is 10.2. The Hall–Kier alpha value is -2.12. The van der Waals surface area contributed by atoms with Gasteiger partial charge in [0.25, 0.3) is 0 Å².